The minimum atomic E-state index is -0.986. The summed E-state index contributed by atoms with van der Waals surface area (Å²) in [7, 11) is 0. The Morgan fingerprint density at radius 2 is 1.53 bits per heavy atom. The molecule has 4 fully saturated rings. The van der Waals surface area contributed by atoms with E-state index in [0.29, 0.717) is 36.3 Å². The van der Waals surface area contributed by atoms with Gasteiger partial charge >= 0.3 is 5.97 Å². The maximum atomic E-state index is 15.2. The summed E-state index contributed by atoms with van der Waals surface area (Å²) in [6.07, 6.45) is 10.4. The van der Waals surface area contributed by atoms with E-state index < -0.39 is 17.2 Å². The monoisotopic (exact) mass is 730 g/mol. The second-order valence-corrected chi connectivity index (χ2v) is 18.7. The van der Waals surface area contributed by atoms with Crippen molar-refractivity contribution in [2.45, 2.75) is 132 Å². The molecule has 2 amide bonds. The van der Waals surface area contributed by atoms with E-state index in [0.717, 1.165) is 56.9 Å². The number of carbonyl (C=O) groups excluding carboxylic acids is 2. The number of nitrogens with one attached hydrogen (secondary N) is 2. The van der Waals surface area contributed by atoms with Gasteiger partial charge in [-0.2, -0.15) is 0 Å². The number of hydrogen-bond donors (Lipinski definition) is 4. The topological polar surface area (TPSA) is 116 Å². The van der Waals surface area contributed by atoms with Crippen molar-refractivity contribution in [3.63, 3.8) is 0 Å². The van der Waals surface area contributed by atoms with Crippen LogP contribution in [0.2, 0.25) is 0 Å². The van der Waals surface area contributed by atoms with E-state index in [-0.39, 0.29) is 63.2 Å². The van der Waals surface area contributed by atoms with E-state index in [1.165, 1.54) is 43.2 Å². The van der Waals surface area contributed by atoms with Crippen LogP contribution in [-0.2, 0) is 17.8 Å². The first kappa shape index (κ1) is 39.4. The third kappa shape index (κ3) is 6.53. The number of aliphatic hydroxyl groups excluding tert-OH is 1. The number of rotatable bonds is 10. The van der Waals surface area contributed by atoms with E-state index in [1.54, 1.807) is 12.1 Å². The molecule has 7 nitrogen and oxygen atoms in total. The first-order chi connectivity index (χ1) is 24.9. The summed E-state index contributed by atoms with van der Waals surface area (Å²) in [6, 6.07) is 10.8. The van der Waals surface area contributed by atoms with Gasteiger partial charge in [0, 0.05) is 24.2 Å². The van der Waals surface area contributed by atoms with Crippen molar-refractivity contribution in [2.24, 2.45) is 50.7 Å². The molecule has 2 aromatic rings. The van der Waals surface area contributed by atoms with Crippen LogP contribution in [-0.4, -0.2) is 40.6 Å². The number of amides is 2. The molecule has 0 spiro atoms. The predicted molar refractivity (Wildman–Crippen MR) is 206 cm³/mol. The lowest BCUT2D eigenvalue weighted by molar-refractivity contribution is -0.246. The fraction of sp³-hybridized carbons (Fsp3) is 0.667. The molecule has 0 saturated heterocycles. The maximum absolute atomic E-state index is 15.2. The van der Waals surface area contributed by atoms with Crippen LogP contribution in [0.4, 0.5) is 4.39 Å². The lowest BCUT2D eigenvalue weighted by Crippen LogP contribution is -2.67. The van der Waals surface area contributed by atoms with Crippen LogP contribution in [0.3, 0.4) is 0 Å². The average Bonchev–Trinajstić information content (AvgIpc) is 3.11. The molecule has 4 aliphatic carbocycles. The molecular weight excluding hydrogens is 668 g/mol. The van der Waals surface area contributed by atoms with Crippen LogP contribution in [0.25, 0.3) is 0 Å². The fourth-order valence-corrected chi connectivity index (χ4v) is 13.0. The van der Waals surface area contributed by atoms with Gasteiger partial charge in [0.25, 0.3) is 5.91 Å². The molecule has 53 heavy (non-hydrogen) atoms. The number of carboxylic acids is 1. The molecule has 6 rings (SSSR count). The Labute approximate surface area is 316 Å². The SMILES string of the molecule is CCCC1(C(=O)NCc2cc(C(=O)NCCc3ccc(C(=O)O)cc3)ccc2F)CC[C@]2(C)C(CCC3C4(C)CCC(O)C(C)(C)C4CCC32C)C1C. The van der Waals surface area contributed by atoms with Gasteiger partial charge in [0.15, 0.2) is 0 Å². The largest absolute Gasteiger partial charge is 0.478 e. The van der Waals surface area contributed by atoms with Crippen molar-refractivity contribution in [3.8, 4) is 0 Å². The molecule has 2 aromatic carbocycles. The summed E-state index contributed by atoms with van der Waals surface area (Å²) in [6.45, 7) is 17.1. The van der Waals surface area contributed by atoms with Crippen molar-refractivity contribution in [1.29, 1.82) is 0 Å². The third-order valence-corrected chi connectivity index (χ3v) is 16.3. The highest BCUT2D eigenvalue weighted by molar-refractivity contribution is 5.94. The molecule has 8 heteroatoms. The number of hydrogen-bond acceptors (Lipinski definition) is 4. The molecule has 8 unspecified atom stereocenters. The van der Waals surface area contributed by atoms with Gasteiger partial charge in [-0.25, -0.2) is 9.18 Å². The summed E-state index contributed by atoms with van der Waals surface area (Å²) in [4.78, 5) is 38.6. The summed E-state index contributed by atoms with van der Waals surface area (Å²) < 4.78 is 15.2. The van der Waals surface area contributed by atoms with Crippen LogP contribution >= 0.6 is 0 Å². The highest BCUT2D eigenvalue weighted by atomic mass is 19.1. The van der Waals surface area contributed by atoms with Crippen molar-refractivity contribution < 1.29 is 29.0 Å². The fourth-order valence-electron chi connectivity index (χ4n) is 13.0. The first-order valence-electron chi connectivity index (χ1n) is 20.3. The second-order valence-electron chi connectivity index (χ2n) is 18.7. The predicted octanol–water partition coefficient (Wildman–Crippen LogP) is 8.97. The van der Waals surface area contributed by atoms with Gasteiger partial charge in [-0.3, -0.25) is 9.59 Å². The van der Waals surface area contributed by atoms with Gasteiger partial charge in [-0.15, -0.1) is 0 Å². The Morgan fingerprint density at radius 3 is 2.21 bits per heavy atom. The Kier molecular flexibility index (Phi) is 10.7. The van der Waals surface area contributed by atoms with Gasteiger partial charge in [-0.05, 0) is 145 Å². The van der Waals surface area contributed by atoms with E-state index in [1.807, 2.05) is 0 Å². The Hall–Kier alpha value is -3.26. The van der Waals surface area contributed by atoms with Gasteiger partial charge < -0.3 is 20.8 Å². The number of aliphatic hydroxyl groups is 1. The average molecular weight is 731 g/mol. The zero-order valence-corrected chi connectivity index (χ0v) is 33.1. The zero-order chi connectivity index (χ0) is 38.6. The molecule has 0 heterocycles. The normalized spacial score (nSPS) is 36.0. The summed E-state index contributed by atoms with van der Waals surface area (Å²) >= 11 is 0. The van der Waals surface area contributed by atoms with Crippen LogP contribution < -0.4 is 10.6 Å². The highest BCUT2D eigenvalue weighted by Crippen LogP contribution is 2.75. The quantitative estimate of drug-likeness (QED) is 0.195. The van der Waals surface area contributed by atoms with Crippen LogP contribution in [0.5, 0.6) is 0 Å². The molecule has 4 aliphatic rings. The number of aromatic carboxylic acids is 1. The lowest BCUT2D eigenvalue weighted by Gasteiger charge is -2.72. The molecule has 0 aliphatic heterocycles. The zero-order valence-electron chi connectivity index (χ0n) is 33.1. The van der Waals surface area contributed by atoms with E-state index in [4.69, 9.17) is 5.11 Å². The van der Waals surface area contributed by atoms with Gasteiger partial charge in [0.2, 0.25) is 5.91 Å². The summed E-state index contributed by atoms with van der Waals surface area (Å²) in [5.74, 6) is -0.0713. The second kappa shape index (κ2) is 14.4. The Morgan fingerprint density at radius 1 is 0.830 bits per heavy atom. The number of carboxylic acid groups (broad SMARTS) is 1. The standard InChI is InChI=1S/C45H63FN2O5/c1-8-20-45(40(53)48-27-32-26-31(13-15-34(32)46)38(50)47-25-19-29-9-11-30(12-10-29)39(51)52)24-23-43(6)33(28(45)2)14-16-36-42(5)21-18-37(49)41(3,4)35(42)17-22-44(36,43)7/h9-13,15,26,28,33,35-37,49H,8,14,16-25,27H2,1-7H3,(H,47,50)(H,48,53)(H,51,52)/t28?,33?,35?,36?,37?,42?,43-,44?,45?/m1/s1. The van der Waals surface area contributed by atoms with Crippen LogP contribution in [0.1, 0.15) is 145 Å². The van der Waals surface area contributed by atoms with Crippen molar-refractivity contribution in [1.82, 2.24) is 10.6 Å². The lowest BCUT2D eigenvalue weighted by atomic mass is 9.32. The smallest absolute Gasteiger partial charge is 0.335 e. The van der Waals surface area contributed by atoms with Gasteiger partial charge in [0.05, 0.1) is 17.1 Å². The van der Waals surface area contributed by atoms with Crippen molar-refractivity contribution in [3.05, 3.63) is 70.5 Å². The molecule has 9 atom stereocenters. The van der Waals surface area contributed by atoms with E-state index >= 15 is 4.39 Å². The Balaban J connectivity index is 1.14. The molecular formula is C45H63FN2O5. The summed E-state index contributed by atoms with van der Waals surface area (Å²) in [5.41, 5.74) is 1.58. The molecule has 0 radical (unpaired) electrons. The van der Waals surface area contributed by atoms with Crippen molar-refractivity contribution >= 4 is 17.8 Å². The van der Waals surface area contributed by atoms with Crippen LogP contribution in [0.15, 0.2) is 42.5 Å². The van der Waals surface area contributed by atoms with Gasteiger partial charge in [-0.1, -0.05) is 67.0 Å². The molecule has 4 N–H and O–H groups in total. The Bertz CT molecular complexity index is 1710. The molecule has 0 bridgehead atoms. The first-order valence-corrected chi connectivity index (χ1v) is 20.3. The maximum Gasteiger partial charge on any atom is 0.335 e. The minimum Gasteiger partial charge on any atom is -0.478 e. The van der Waals surface area contributed by atoms with E-state index in [2.05, 4.69) is 59.1 Å². The molecule has 0 aromatic heterocycles. The van der Waals surface area contributed by atoms with E-state index in [9.17, 15) is 19.5 Å². The highest BCUT2D eigenvalue weighted by Gasteiger charge is 2.69. The molecule has 290 valence electrons. The number of halogens is 1. The number of carbonyl (C=O) groups is 3. The minimum absolute atomic E-state index is 0.00281. The number of fused-ring (bicyclic) bond motifs is 5. The third-order valence-electron chi connectivity index (χ3n) is 16.3. The summed E-state index contributed by atoms with van der Waals surface area (Å²) in [5, 5.41) is 26.2. The van der Waals surface area contributed by atoms with Gasteiger partial charge in [0.1, 0.15) is 5.82 Å². The van der Waals surface area contributed by atoms with Crippen LogP contribution in [0, 0.1) is 56.6 Å². The molecule has 4 saturated carbocycles. The number of benzene rings is 2. The van der Waals surface area contributed by atoms with Crippen molar-refractivity contribution in [2.75, 3.05) is 6.54 Å².